The largest absolute Gasteiger partial charge is 0.493 e. The van der Waals surface area contributed by atoms with Crippen LogP contribution in [0.4, 0.5) is 13.6 Å². The van der Waals surface area contributed by atoms with Crippen molar-refractivity contribution in [3.63, 3.8) is 0 Å². The second-order valence-corrected chi connectivity index (χ2v) is 7.03. The molecule has 2 amide bonds. The number of likely N-dealkylation sites (tertiary alicyclic amines) is 1. The molecule has 1 aliphatic heterocycles. The van der Waals surface area contributed by atoms with E-state index in [9.17, 15) is 13.6 Å². The van der Waals surface area contributed by atoms with Crippen LogP contribution >= 0.6 is 0 Å². The molecule has 0 saturated carbocycles. The molecule has 1 heterocycles. The number of carbonyl (C=O) groups excluding carboxylic acids is 1. The van der Waals surface area contributed by atoms with Crippen molar-refractivity contribution in [2.75, 3.05) is 20.2 Å². The van der Waals surface area contributed by atoms with E-state index in [1.54, 1.807) is 12.1 Å². The van der Waals surface area contributed by atoms with Crippen molar-refractivity contribution in [3.8, 4) is 11.5 Å². The zero-order valence-electron chi connectivity index (χ0n) is 16.3. The number of nitrogens with zero attached hydrogens (tertiary/aromatic N) is 1. The maximum atomic E-state index is 12.6. The van der Waals surface area contributed by atoms with Gasteiger partial charge in [0.2, 0.25) is 0 Å². The summed E-state index contributed by atoms with van der Waals surface area (Å²) in [6.45, 7) is 2.68. The SMILES string of the molecule is CCC[C@@H]1CCCN(C(=O)N[C@@H](C)c2ccc(OC(F)F)c(OC)c2)CC1. The van der Waals surface area contributed by atoms with Crippen LogP contribution in [0.3, 0.4) is 0 Å². The fraction of sp³-hybridized carbons (Fsp3) is 0.650. The Morgan fingerprint density at radius 2 is 2.07 bits per heavy atom. The van der Waals surface area contributed by atoms with Crippen LogP contribution in [0.1, 0.15) is 57.6 Å². The quantitative estimate of drug-likeness (QED) is 0.722. The molecule has 0 bridgehead atoms. The first-order chi connectivity index (χ1) is 12.9. The minimum atomic E-state index is -2.92. The summed E-state index contributed by atoms with van der Waals surface area (Å²) < 4.78 is 34.5. The Morgan fingerprint density at radius 3 is 2.74 bits per heavy atom. The van der Waals surface area contributed by atoms with Gasteiger partial charge in [0.05, 0.1) is 13.2 Å². The van der Waals surface area contributed by atoms with Crippen molar-refractivity contribution in [2.24, 2.45) is 5.92 Å². The normalized spacial score (nSPS) is 18.7. The third kappa shape index (κ3) is 6.26. The lowest BCUT2D eigenvalue weighted by Crippen LogP contribution is -2.41. The van der Waals surface area contributed by atoms with Gasteiger partial charge in [-0.1, -0.05) is 25.8 Å². The van der Waals surface area contributed by atoms with Crippen LogP contribution in [0.15, 0.2) is 18.2 Å². The average molecular weight is 384 g/mol. The summed E-state index contributed by atoms with van der Waals surface area (Å²) in [4.78, 5) is 14.5. The van der Waals surface area contributed by atoms with E-state index in [1.165, 1.54) is 32.4 Å². The number of benzene rings is 1. The number of methoxy groups -OCH3 is 1. The minimum absolute atomic E-state index is 0.0238. The molecule has 1 aliphatic rings. The van der Waals surface area contributed by atoms with E-state index in [2.05, 4.69) is 17.0 Å². The zero-order valence-corrected chi connectivity index (χ0v) is 16.3. The maximum absolute atomic E-state index is 12.6. The van der Waals surface area contributed by atoms with Gasteiger partial charge >= 0.3 is 12.6 Å². The Hall–Kier alpha value is -2.05. The first-order valence-electron chi connectivity index (χ1n) is 9.62. The molecule has 1 saturated heterocycles. The second kappa shape index (κ2) is 10.3. The summed E-state index contributed by atoms with van der Waals surface area (Å²) >= 11 is 0. The van der Waals surface area contributed by atoms with Crippen LogP contribution in [0, 0.1) is 5.92 Å². The van der Waals surface area contributed by atoms with E-state index in [4.69, 9.17) is 4.74 Å². The summed E-state index contributed by atoms with van der Waals surface area (Å²) in [6, 6.07) is 4.34. The molecule has 7 heteroatoms. The van der Waals surface area contributed by atoms with Gasteiger partial charge in [-0.15, -0.1) is 0 Å². The first-order valence-corrected chi connectivity index (χ1v) is 9.62. The van der Waals surface area contributed by atoms with E-state index in [0.717, 1.165) is 31.5 Å². The van der Waals surface area contributed by atoms with Crippen molar-refractivity contribution in [2.45, 2.75) is 58.6 Å². The summed E-state index contributed by atoms with van der Waals surface area (Å²) in [5.74, 6) is 0.896. The monoisotopic (exact) mass is 384 g/mol. The Balaban J connectivity index is 1.97. The first kappa shape index (κ1) is 21.3. The number of alkyl halides is 2. The van der Waals surface area contributed by atoms with E-state index in [0.29, 0.717) is 5.92 Å². The predicted octanol–water partition coefficient (Wildman–Crippen LogP) is 4.97. The number of hydrogen-bond donors (Lipinski definition) is 1. The van der Waals surface area contributed by atoms with E-state index < -0.39 is 6.61 Å². The standard InChI is InChI=1S/C20H30F2N2O3/c1-4-6-15-7-5-11-24(12-10-15)20(25)23-14(2)16-8-9-17(27-19(21)22)18(13-16)26-3/h8-9,13-15,19H,4-7,10-12H2,1-3H3,(H,23,25)/t14-,15+/m0/s1. The third-order valence-electron chi connectivity index (χ3n) is 5.08. The Labute approximate surface area is 160 Å². The summed E-state index contributed by atoms with van der Waals surface area (Å²) in [7, 11) is 1.39. The van der Waals surface area contributed by atoms with Crippen molar-refractivity contribution in [3.05, 3.63) is 23.8 Å². The molecule has 152 valence electrons. The highest BCUT2D eigenvalue weighted by Crippen LogP contribution is 2.31. The number of halogens is 2. The van der Waals surface area contributed by atoms with Crippen LogP contribution in [0.5, 0.6) is 11.5 Å². The van der Waals surface area contributed by atoms with E-state index >= 15 is 0 Å². The molecule has 1 aromatic carbocycles. The number of nitrogens with one attached hydrogen (secondary N) is 1. The molecule has 27 heavy (non-hydrogen) atoms. The molecule has 0 aliphatic carbocycles. The summed E-state index contributed by atoms with van der Waals surface area (Å²) in [6.07, 6.45) is 5.65. The van der Waals surface area contributed by atoms with Gasteiger partial charge in [0, 0.05) is 13.1 Å². The highest BCUT2D eigenvalue weighted by molar-refractivity contribution is 5.74. The molecule has 0 radical (unpaired) electrons. The lowest BCUT2D eigenvalue weighted by Gasteiger charge is -2.24. The van der Waals surface area contributed by atoms with Crippen LogP contribution in [0.2, 0.25) is 0 Å². The van der Waals surface area contributed by atoms with Crippen molar-refractivity contribution < 1.29 is 23.0 Å². The molecule has 0 spiro atoms. The van der Waals surface area contributed by atoms with Gasteiger partial charge in [-0.05, 0) is 49.8 Å². The molecular formula is C20H30F2N2O3. The molecule has 1 aromatic rings. The molecule has 2 rings (SSSR count). The molecule has 1 N–H and O–H groups in total. The fourth-order valence-corrected chi connectivity index (χ4v) is 3.57. The van der Waals surface area contributed by atoms with Crippen LogP contribution < -0.4 is 14.8 Å². The highest BCUT2D eigenvalue weighted by Gasteiger charge is 2.22. The number of ether oxygens (including phenoxy) is 2. The topological polar surface area (TPSA) is 50.8 Å². The molecule has 0 unspecified atom stereocenters. The number of urea groups is 1. The van der Waals surface area contributed by atoms with Gasteiger partial charge in [0.25, 0.3) is 0 Å². The van der Waals surface area contributed by atoms with Crippen LogP contribution in [-0.4, -0.2) is 37.7 Å². The van der Waals surface area contributed by atoms with Crippen molar-refractivity contribution in [1.82, 2.24) is 10.2 Å². The van der Waals surface area contributed by atoms with E-state index in [-0.39, 0.29) is 23.6 Å². The number of amides is 2. The summed E-state index contributed by atoms with van der Waals surface area (Å²) in [5, 5.41) is 2.99. The molecular weight excluding hydrogens is 354 g/mol. The zero-order chi connectivity index (χ0) is 19.8. The molecule has 2 atom stereocenters. The van der Waals surface area contributed by atoms with Gasteiger partial charge < -0.3 is 19.7 Å². The van der Waals surface area contributed by atoms with Gasteiger partial charge in [0.15, 0.2) is 11.5 Å². The van der Waals surface area contributed by atoms with Crippen molar-refractivity contribution >= 4 is 6.03 Å². The van der Waals surface area contributed by atoms with Crippen molar-refractivity contribution in [1.29, 1.82) is 0 Å². The molecule has 5 nitrogen and oxygen atoms in total. The summed E-state index contributed by atoms with van der Waals surface area (Å²) in [5.41, 5.74) is 0.764. The van der Waals surface area contributed by atoms with Gasteiger partial charge in [-0.3, -0.25) is 0 Å². The lowest BCUT2D eigenvalue weighted by atomic mass is 9.96. The van der Waals surface area contributed by atoms with Gasteiger partial charge in [-0.25, -0.2) is 4.79 Å². The average Bonchev–Trinajstić information content (AvgIpc) is 2.87. The van der Waals surface area contributed by atoms with Crippen LogP contribution in [-0.2, 0) is 0 Å². The highest BCUT2D eigenvalue weighted by atomic mass is 19.3. The lowest BCUT2D eigenvalue weighted by molar-refractivity contribution is -0.0512. The Bertz CT molecular complexity index is 613. The second-order valence-electron chi connectivity index (χ2n) is 7.03. The third-order valence-corrected chi connectivity index (χ3v) is 5.08. The fourth-order valence-electron chi connectivity index (χ4n) is 3.57. The van der Waals surface area contributed by atoms with Gasteiger partial charge in [-0.2, -0.15) is 8.78 Å². The maximum Gasteiger partial charge on any atom is 0.387 e. The van der Waals surface area contributed by atoms with Crippen LogP contribution in [0.25, 0.3) is 0 Å². The minimum Gasteiger partial charge on any atom is -0.493 e. The smallest absolute Gasteiger partial charge is 0.387 e. The number of rotatable bonds is 7. The predicted molar refractivity (Wildman–Crippen MR) is 100 cm³/mol. The van der Waals surface area contributed by atoms with E-state index in [1.807, 2.05) is 11.8 Å². The Kier molecular flexibility index (Phi) is 8.13. The molecule has 0 aromatic heterocycles. The number of hydrogen-bond acceptors (Lipinski definition) is 3. The molecule has 1 fully saturated rings. The van der Waals surface area contributed by atoms with Gasteiger partial charge in [0.1, 0.15) is 0 Å². The number of carbonyl (C=O) groups is 1. The Morgan fingerprint density at radius 1 is 1.30 bits per heavy atom.